The normalized spacial score (nSPS) is 14.3. The van der Waals surface area contributed by atoms with Crippen LogP contribution in [0.2, 0.25) is 0 Å². The van der Waals surface area contributed by atoms with Crippen LogP contribution in [0.15, 0.2) is 24.3 Å². The molecule has 5 N–H and O–H groups in total. The summed E-state index contributed by atoms with van der Waals surface area (Å²) in [5.41, 5.74) is 5.33. The minimum atomic E-state index is -2.92. The fourth-order valence-electron chi connectivity index (χ4n) is 5.40. The van der Waals surface area contributed by atoms with Crippen molar-refractivity contribution < 1.29 is 43.3 Å². The van der Waals surface area contributed by atoms with Crippen LogP contribution in [0, 0.1) is 19.3 Å². The molecule has 0 saturated heterocycles. The van der Waals surface area contributed by atoms with Gasteiger partial charge in [0.2, 0.25) is 0 Å². The van der Waals surface area contributed by atoms with Crippen LogP contribution in [0.1, 0.15) is 128 Å². The smallest absolute Gasteiger partial charge is 0.484 e. The first kappa shape index (κ1) is 42.2. The summed E-state index contributed by atoms with van der Waals surface area (Å²) in [5, 5.41) is 32.5. The Morgan fingerprint density at radius 1 is 0.587 bits per heavy atom. The van der Waals surface area contributed by atoms with Gasteiger partial charge in [-0.25, -0.2) is 0 Å². The molecule has 0 fully saturated rings. The van der Waals surface area contributed by atoms with Gasteiger partial charge in [0.05, 0.1) is 25.2 Å². The molecule has 0 aliphatic rings. The molecule has 0 aromatic heterocycles. The Hall–Kier alpha value is -1.80. The number of aryl methyl sites for hydroxylation is 2. The zero-order valence-corrected chi connectivity index (χ0v) is 32.1. The highest BCUT2D eigenvalue weighted by Crippen LogP contribution is 2.50. The summed E-state index contributed by atoms with van der Waals surface area (Å²) >= 11 is 0. The molecule has 0 bridgehead atoms. The summed E-state index contributed by atoms with van der Waals surface area (Å²) in [6.45, 7) is 29.1. The highest BCUT2D eigenvalue weighted by Gasteiger charge is 2.46. The third-order valence-electron chi connectivity index (χ3n) is 7.93. The first-order chi connectivity index (χ1) is 20.7. The van der Waals surface area contributed by atoms with Crippen LogP contribution < -0.4 is 4.74 Å². The first-order valence-corrected chi connectivity index (χ1v) is 17.7. The molecule has 0 amide bonds. The number of rotatable bonds is 9. The van der Waals surface area contributed by atoms with E-state index < -0.39 is 47.8 Å². The molecule has 3 atom stereocenters. The Balaban J connectivity index is 0.00000135. The van der Waals surface area contributed by atoms with Gasteiger partial charge in [-0.1, -0.05) is 118 Å². The van der Waals surface area contributed by atoms with Crippen molar-refractivity contribution in [1.82, 2.24) is 0 Å². The molecule has 0 spiro atoms. The Morgan fingerprint density at radius 3 is 1.09 bits per heavy atom. The maximum atomic E-state index is 10.8. The van der Waals surface area contributed by atoms with Crippen LogP contribution in [-0.2, 0) is 35.1 Å². The summed E-state index contributed by atoms with van der Waals surface area (Å²) in [5.74, 6) is 0.769. The minimum absolute atomic E-state index is 0.223. The molecule has 0 heterocycles. The second kappa shape index (κ2) is 15.6. The molecule has 0 aliphatic heterocycles. The maximum Gasteiger partial charge on any atom is 0.745 e. The van der Waals surface area contributed by atoms with Gasteiger partial charge in [0.1, 0.15) is 11.9 Å². The van der Waals surface area contributed by atoms with Gasteiger partial charge in [-0.15, -0.1) is 9.79 Å². The van der Waals surface area contributed by atoms with Crippen LogP contribution >= 0.6 is 16.5 Å². The quantitative estimate of drug-likeness (QED) is 0.166. The number of benzene rings is 2. The van der Waals surface area contributed by atoms with Gasteiger partial charge in [0, 0.05) is 25.8 Å². The van der Waals surface area contributed by atoms with Crippen LogP contribution in [-0.4, -0.2) is 44.9 Å². The lowest BCUT2D eigenvalue weighted by molar-refractivity contribution is -0.0761. The standard InChI is InChI=1S/C35H56O4.O5P2/c1-22-15-24(31(3,4)5)28(25(16-22)32(6,7)8)30(35(19-36,20-37)21-38)39-29-26(33(9,10)11)17-23(2)18-27(29)34(12,13)14;1-6(2)5-7(3)4/h15-18,30,36-38H,19-21H2,1-14H3;/p+2. The SMILES string of the molecule is Cc1cc(C(C)(C)C)c(OC(c2c(C(C)(C)C)cc(C)cc2C(C)(C)C)C(CO)(CO)CO)c(C(C)(C)C)c1.O=[P+](O)O[P+](=O)O. The zero-order chi connectivity index (χ0) is 36.2. The fraction of sp³-hybridized carbons (Fsp3) is 0.657. The minimum Gasteiger partial charge on any atom is -0.484 e. The van der Waals surface area contributed by atoms with Gasteiger partial charge in [0.15, 0.2) is 4.31 Å². The molecule has 11 heteroatoms. The molecule has 9 nitrogen and oxygen atoms in total. The predicted molar refractivity (Wildman–Crippen MR) is 185 cm³/mol. The molecule has 2 aromatic rings. The van der Waals surface area contributed by atoms with Crippen molar-refractivity contribution in [3.8, 4) is 5.75 Å². The third kappa shape index (κ3) is 10.9. The van der Waals surface area contributed by atoms with E-state index in [2.05, 4.69) is 126 Å². The van der Waals surface area contributed by atoms with E-state index in [1.54, 1.807) is 0 Å². The molecular weight excluding hydrogens is 626 g/mol. The van der Waals surface area contributed by atoms with Crippen LogP contribution in [0.3, 0.4) is 0 Å². The lowest BCUT2D eigenvalue weighted by atomic mass is 9.69. The molecule has 2 aromatic carbocycles. The number of aliphatic hydroxyl groups is 3. The van der Waals surface area contributed by atoms with Gasteiger partial charge >= 0.3 is 16.5 Å². The van der Waals surface area contributed by atoms with Crippen molar-refractivity contribution in [2.45, 2.75) is 125 Å². The zero-order valence-electron chi connectivity index (χ0n) is 30.3. The van der Waals surface area contributed by atoms with Crippen molar-refractivity contribution in [2.75, 3.05) is 19.8 Å². The van der Waals surface area contributed by atoms with E-state index in [4.69, 9.17) is 14.5 Å². The van der Waals surface area contributed by atoms with Crippen molar-refractivity contribution in [3.05, 3.63) is 63.2 Å². The highest BCUT2D eigenvalue weighted by molar-refractivity contribution is 7.46. The van der Waals surface area contributed by atoms with Crippen molar-refractivity contribution in [3.63, 3.8) is 0 Å². The summed E-state index contributed by atoms with van der Waals surface area (Å²) in [6.07, 6.45) is -0.800. The molecule has 46 heavy (non-hydrogen) atoms. The van der Waals surface area contributed by atoms with Gasteiger partial charge in [0.25, 0.3) is 0 Å². The predicted octanol–water partition coefficient (Wildman–Crippen LogP) is 7.88. The Kier molecular flexibility index (Phi) is 14.3. The van der Waals surface area contributed by atoms with E-state index in [1.165, 1.54) is 0 Å². The Labute approximate surface area is 278 Å². The maximum absolute atomic E-state index is 10.8. The van der Waals surface area contributed by atoms with Crippen molar-refractivity contribution >= 4 is 16.5 Å². The van der Waals surface area contributed by atoms with Crippen LogP contribution in [0.4, 0.5) is 0 Å². The highest BCUT2D eigenvalue weighted by atomic mass is 31.2. The Bertz CT molecular complexity index is 1280. The molecule has 0 radical (unpaired) electrons. The van der Waals surface area contributed by atoms with E-state index in [9.17, 15) is 24.4 Å². The summed E-state index contributed by atoms with van der Waals surface area (Å²) in [7, 11) is -5.85. The largest absolute Gasteiger partial charge is 0.745 e. The summed E-state index contributed by atoms with van der Waals surface area (Å²) < 4.78 is 29.4. The average molecular weight is 685 g/mol. The van der Waals surface area contributed by atoms with Gasteiger partial charge in [-0.2, -0.15) is 0 Å². The van der Waals surface area contributed by atoms with Gasteiger partial charge in [-0.05, 0) is 46.6 Å². The van der Waals surface area contributed by atoms with E-state index in [-0.39, 0.29) is 21.7 Å². The monoisotopic (exact) mass is 684 g/mol. The number of aliphatic hydroxyl groups excluding tert-OH is 3. The fourth-order valence-corrected chi connectivity index (χ4v) is 5.88. The number of hydrogen-bond acceptors (Lipinski definition) is 7. The topological polar surface area (TPSA) is 154 Å². The lowest BCUT2D eigenvalue weighted by Gasteiger charge is -2.43. The molecule has 0 aliphatic carbocycles. The molecule has 260 valence electrons. The summed E-state index contributed by atoms with van der Waals surface area (Å²) in [6, 6.07) is 8.76. The lowest BCUT2D eigenvalue weighted by Crippen LogP contribution is -2.45. The Morgan fingerprint density at radius 2 is 0.870 bits per heavy atom. The van der Waals surface area contributed by atoms with E-state index in [0.29, 0.717) is 0 Å². The summed E-state index contributed by atoms with van der Waals surface area (Å²) in [4.78, 5) is 15.3. The van der Waals surface area contributed by atoms with Gasteiger partial charge < -0.3 is 20.1 Å². The van der Waals surface area contributed by atoms with Crippen molar-refractivity contribution in [1.29, 1.82) is 0 Å². The first-order valence-electron chi connectivity index (χ1n) is 15.5. The van der Waals surface area contributed by atoms with Gasteiger partial charge in [-0.3, -0.25) is 0 Å². The number of ether oxygens (including phenoxy) is 1. The third-order valence-corrected chi connectivity index (χ3v) is 9.05. The second-order valence-electron chi connectivity index (χ2n) is 16.4. The van der Waals surface area contributed by atoms with Crippen molar-refractivity contribution in [2.24, 2.45) is 5.41 Å². The van der Waals surface area contributed by atoms with E-state index >= 15 is 0 Å². The van der Waals surface area contributed by atoms with E-state index in [0.717, 1.165) is 44.7 Å². The van der Waals surface area contributed by atoms with Crippen LogP contribution in [0.25, 0.3) is 0 Å². The molecular formula is C35H58O9P2+2. The number of hydrogen-bond donors (Lipinski definition) is 5. The second-order valence-corrected chi connectivity index (χ2v) is 18.0. The van der Waals surface area contributed by atoms with Crippen LogP contribution in [0.5, 0.6) is 5.75 Å². The average Bonchev–Trinajstić information content (AvgIpc) is 2.86. The molecule has 2 rings (SSSR count). The van der Waals surface area contributed by atoms with E-state index in [1.807, 2.05) is 0 Å². The molecule has 0 saturated carbocycles. The molecule has 3 unspecified atom stereocenters.